The third-order valence-corrected chi connectivity index (χ3v) is 5.69. The predicted molar refractivity (Wildman–Crippen MR) is 132 cm³/mol. The molecule has 1 aromatic heterocycles. The normalized spacial score (nSPS) is 12.0. The largest absolute Gasteiger partial charge is 0.455 e. The summed E-state index contributed by atoms with van der Waals surface area (Å²) < 4.78 is 5.95. The zero-order chi connectivity index (χ0) is 23.0. The zero-order valence-corrected chi connectivity index (χ0v) is 19.2. The lowest BCUT2D eigenvalue weighted by Gasteiger charge is -2.21. The summed E-state index contributed by atoms with van der Waals surface area (Å²) in [4.78, 5) is 15.0. The maximum atomic E-state index is 12.7. The Labute approximate surface area is 195 Å². The van der Waals surface area contributed by atoms with E-state index in [1.54, 1.807) is 6.07 Å². The van der Waals surface area contributed by atoms with E-state index in [0.717, 1.165) is 24.4 Å². The van der Waals surface area contributed by atoms with E-state index >= 15 is 0 Å². The number of nitrogens with one attached hydrogen (secondary N) is 1. The summed E-state index contributed by atoms with van der Waals surface area (Å²) in [5, 5.41) is 3.02. The van der Waals surface area contributed by atoms with Crippen LogP contribution in [0, 0.1) is 6.92 Å². The highest BCUT2D eigenvalue weighted by molar-refractivity contribution is 5.91. The molecule has 0 aliphatic carbocycles. The van der Waals surface area contributed by atoms with Gasteiger partial charge in [0.1, 0.15) is 5.76 Å². The van der Waals surface area contributed by atoms with Gasteiger partial charge in [-0.05, 0) is 42.7 Å². The van der Waals surface area contributed by atoms with Crippen molar-refractivity contribution in [3.05, 3.63) is 131 Å². The minimum atomic E-state index is -0.203. The fourth-order valence-corrected chi connectivity index (χ4v) is 3.86. The summed E-state index contributed by atoms with van der Waals surface area (Å²) in [6.07, 6.45) is 0. The van der Waals surface area contributed by atoms with E-state index in [1.807, 2.05) is 49.4 Å². The number of carbonyl (C=O) groups excluding carboxylic acids is 1. The lowest BCUT2D eigenvalue weighted by Crippen LogP contribution is -2.26. The molecule has 1 heterocycles. The van der Waals surface area contributed by atoms with E-state index in [-0.39, 0.29) is 11.9 Å². The maximum absolute atomic E-state index is 12.7. The average molecular weight is 439 g/mol. The molecule has 0 spiro atoms. The predicted octanol–water partition coefficient (Wildman–Crippen LogP) is 6.28. The molecule has 3 aromatic carbocycles. The Morgan fingerprint density at radius 1 is 0.788 bits per heavy atom. The molecule has 0 aliphatic rings. The molecule has 0 saturated heterocycles. The number of hydrogen-bond acceptors (Lipinski definition) is 3. The van der Waals surface area contributed by atoms with E-state index in [4.69, 9.17) is 4.42 Å². The van der Waals surface area contributed by atoms with Crippen LogP contribution < -0.4 is 5.32 Å². The number of hydrogen-bond donors (Lipinski definition) is 1. The third-order valence-electron chi connectivity index (χ3n) is 5.69. The van der Waals surface area contributed by atoms with Crippen LogP contribution in [0.4, 0.5) is 0 Å². The summed E-state index contributed by atoms with van der Waals surface area (Å²) in [7, 11) is 0. The molecular weight excluding hydrogens is 408 g/mol. The van der Waals surface area contributed by atoms with Gasteiger partial charge in [0, 0.05) is 13.1 Å². The molecule has 1 atom stereocenters. The quantitative estimate of drug-likeness (QED) is 0.334. The van der Waals surface area contributed by atoms with Crippen LogP contribution in [0.25, 0.3) is 0 Å². The van der Waals surface area contributed by atoms with Gasteiger partial charge in [-0.25, -0.2) is 0 Å². The van der Waals surface area contributed by atoms with Gasteiger partial charge >= 0.3 is 0 Å². The van der Waals surface area contributed by atoms with E-state index in [2.05, 4.69) is 65.7 Å². The molecule has 0 bridgehead atoms. The highest BCUT2D eigenvalue weighted by Gasteiger charge is 2.17. The van der Waals surface area contributed by atoms with Crippen LogP contribution in [0.3, 0.4) is 0 Å². The van der Waals surface area contributed by atoms with Crippen molar-refractivity contribution in [2.24, 2.45) is 0 Å². The maximum Gasteiger partial charge on any atom is 0.287 e. The SMILES string of the molecule is Cc1ccc(CN(Cc2ccccc2)Cc2ccc(C(=O)NC(C)c3ccccc3)o2)cc1. The molecule has 0 radical (unpaired) electrons. The van der Waals surface area contributed by atoms with Gasteiger partial charge in [-0.2, -0.15) is 0 Å². The van der Waals surface area contributed by atoms with Crippen molar-refractivity contribution < 1.29 is 9.21 Å². The summed E-state index contributed by atoms with van der Waals surface area (Å²) in [5.74, 6) is 0.907. The number of carbonyl (C=O) groups is 1. The average Bonchev–Trinajstić information content (AvgIpc) is 3.30. The smallest absolute Gasteiger partial charge is 0.287 e. The topological polar surface area (TPSA) is 45.5 Å². The number of nitrogens with zero attached hydrogens (tertiary/aromatic N) is 1. The molecule has 4 heteroatoms. The second kappa shape index (κ2) is 10.8. The fraction of sp³-hybridized carbons (Fsp3) is 0.207. The molecule has 1 unspecified atom stereocenters. The second-order valence-corrected chi connectivity index (χ2v) is 8.49. The lowest BCUT2D eigenvalue weighted by molar-refractivity contribution is 0.0907. The molecule has 0 aliphatic heterocycles. The van der Waals surface area contributed by atoms with Gasteiger partial charge in [-0.1, -0.05) is 90.5 Å². The van der Waals surface area contributed by atoms with Crippen LogP contribution in [0.15, 0.2) is 101 Å². The van der Waals surface area contributed by atoms with Crippen molar-refractivity contribution in [2.75, 3.05) is 0 Å². The number of furan rings is 1. The fourth-order valence-electron chi connectivity index (χ4n) is 3.86. The van der Waals surface area contributed by atoms with Crippen molar-refractivity contribution in [1.82, 2.24) is 10.2 Å². The molecule has 1 amide bonds. The third kappa shape index (κ3) is 6.43. The zero-order valence-electron chi connectivity index (χ0n) is 19.2. The first-order valence-corrected chi connectivity index (χ1v) is 11.3. The molecule has 33 heavy (non-hydrogen) atoms. The standard InChI is InChI=1S/C29H30N2O2/c1-22-13-15-25(16-14-22)20-31(19-24-9-5-3-6-10-24)21-27-17-18-28(33-27)29(32)30-23(2)26-11-7-4-8-12-26/h3-18,23H,19-21H2,1-2H3,(H,30,32). The first-order chi connectivity index (χ1) is 16.1. The van der Waals surface area contributed by atoms with Crippen LogP contribution >= 0.6 is 0 Å². The van der Waals surface area contributed by atoms with Gasteiger partial charge in [-0.3, -0.25) is 9.69 Å². The Kier molecular flexibility index (Phi) is 7.38. The highest BCUT2D eigenvalue weighted by Crippen LogP contribution is 2.18. The van der Waals surface area contributed by atoms with Gasteiger partial charge in [0.15, 0.2) is 5.76 Å². The minimum Gasteiger partial charge on any atom is -0.455 e. The summed E-state index contributed by atoms with van der Waals surface area (Å²) in [5.41, 5.74) is 4.80. The summed E-state index contributed by atoms with van der Waals surface area (Å²) >= 11 is 0. The molecular formula is C29H30N2O2. The Morgan fingerprint density at radius 2 is 1.39 bits per heavy atom. The van der Waals surface area contributed by atoms with Crippen LogP contribution in [0.2, 0.25) is 0 Å². The van der Waals surface area contributed by atoms with E-state index in [9.17, 15) is 4.79 Å². The molecule has 0 fully saturated rings. The van der Waals surface area contributed by atoms with Gasteiger partial charge in [0.05, 0.1) is 12.6 Å². The Hall–Kier alpha value is -3.63. The molecule has 0 saturated carbocycles. The first-order valence-electron chi connectivity index (χ1n) is 11.3. The Bertz CT molecular complexity index is 1150. The molecule has 168 valence electrons. The number of benzene rings is 3. The number of rotatable bonds is 9. The highest BCUT2D eigenvalue weighted by atomic mass is 16.4. The summed E-state index contributed by atoms with van der Waals surface area (Å²) in [6.45, 7) is 6.27. The Balaban J connectivity index is 1.44. The second-order valence-electron chi connectivity index (χ2n) is 8.49. The molecule has 4 nitrogen and oxygen atoms in total. The van der Waals surface area contributed by atoms with Crippen molar-refractivity contribution >= 4 is 5.91 Å². The van der Waals surface area contributed by atoms with Crippen LogP contribution in [-0.4, -0.2) is 10.8 Å². The van der Waals surface area contributed by atoms with Gasteiger partial charge < -0.3 is 9.73 Å². The van der Waals surface area contributed by atoms with Gasteiger partial charge in [0.25, 0.3) is 5.91 Å². The van der Waals surface area contributed by atoms with Crippen molar-refractivity contribution in [3.8, 4) is 0 Å². The van der Waals surface area contributed by atoms with Crippen LogP contribution in [0.1, 0.15) is 51.5 Å². The molecule has 4 aromatic rings. The van der Waals surface area contributed by atoms with E-state index in [1.165, 1.54) is 16.7 Å². The van der Waals surface area contributed by atoms with Gasteiger partial charge in [-0.15, -0.1) is 0 Å². The monoisotopic (exact) mass is 438 g/mol. The van der Waals surface area contributed by atoms with Crippen molar-refractivity contribution in [2.45, 2.75) is 39.5 Å². The van der Waals surface area contributed by atoms with E-state index < -0.39 is 0 Å². The first kappa shape index (κ1) is 22.6. The van der Waals surface area contributed by atoms with Crippen LogP contribution in [0.5, 0.6) is 0 Å². The van der Waals surface area contributed by atoms with Crippen molar-refractivity contribution in [3.63, 3.8) is 0 Å². The lowest BCUT2D eigenvalue weighted by atomic mass is 10.1. The number of aryl methyl sites for hydroxylation is 1. The molecule has 4 rings (SSSR count). The van der Waals surface area contributed by atoms with Crippen LogP contribution in [-0.2, 0) is 19.6 Å². The van der Waals surface area contributed by atoms with Gasteiger partial charge in [0.2, 0.25) is 0 Å². The Morgan fingerprint density at radius 3 is 2.06 bits per heavy atom. The molecule has 1 N–H and O–H groups in total. The van der Waals surface area contributed by atoms with E-state index in [0.29, 0.717) is 12.3 Å². The minimum absolute atomic E-state index is 0.0941. The van der Waals surface area contributed by atoms with Crippen molar-refractivity contribution in [1.29, 1.82) is 0 Å². The summed E-state index contributed by atoms with van der Waals surface area (Å²) in [6, 6.07) is 32.5. The number of amides is 1.